The van der Waals surface area contributed by atoms with Crippen molar-refractivity contribution in [3.63, 3.8) is 0 Å². The van der Waals surface area contributed by atoms with Gasteiger partial charge in [-0.1, -0.05) is 32.1 Å². The molecule has 0 aliphatic heterocycles. The SMILES string of the molecule is CCCN=C(/C=C/c1ccc(Oc2c(-c3ccc(O)cc3)sc3cc(O)ccc23)cc1)CC. The smallest absolute Gasteiger partial charge is 0.153 e. The lowest BCUT2D eigenvalue weighted by Gasteiger charge is -2.09. The van der Waals surface area contributed by atoms with Gasteiger partial charge in [-0.3, -0.25) is 4.99 Å². The van der Waals surface area contributed by atoms with Crippen molar-refractivity contribution in [1.29, 1.82) is 0 Å². The van der Waals surface area contributed by atoms with Crippen LogP contribution in [-0.2, 0) is 0 Å². The molecule has 0 aliphatic rings. The molecule has 0 amide bonds. The van der Waals surface area contributed by atoms with Gasteiger partial charge in [0.05, 0.1) is 4.88 Å². The maximum Gasteiger partial charge on any atom is 0.153 e. The van der Waals surface area contributed by atoms with E-state index in [1.165, 1.54) is 0 Å². The summed E-state index contributed by atoms with van der Waals surface area (Å²) in [5.74, 6) is 1.91. The summed E-state index contributed by atoms with van der Waals surface area (Å²) < 4.78 is 7.30. The third-order valence-electron chi connectivity index (χ3n) is 5.23. The van der Waals surface area contributed by atoms with Crippen molar-refractivity contribution in [2.75, 3.05) is 6.54 Å². The van der Waals surface area contributed by atoms with Gasteiger partial charge in [-0.25, -0.2) is 0 Å². The highest BCUT2D eigenvalue weighted by molar-refractivity contribution is 7.22. The van der Waals surface area contributed by atoms with Crippen LogP contribution in [0.25, 0.3) is 26.6 Å². The Kier molecular flexibility index (Phi) is 7.10. The highest BCUT2D eigenvalue weighted by Gasteiger charge is 2.17. The molecule has 1 heterocycles. The number of benzene rings is 3. The second kappa shape index (κ2) is 10.4. The summed E-state index contributed by atoms with van der Waals surface area (Å²) in [5.41, 5.74) is 3.13. The van der Waals surface area contributed by atoms with Crippen molar-refractivity contribution in [2.24, 2.45) is 4.99 Å². The molecule has 1 aromatic heterocycles. The topological polar surface area (TPSA) is 62.0 Å². The maximum absolute atomic E-state index is 9.93. The normalized spacial score (nSPS) is 12.0. The summed E-state index contributed by atoms with van der Waals surface area (Å²) in [4.78, 5) is 5.54. The first-order valence-electron chi connectivity index (χ1n) is 11.1. The number of aliphatic imine (C=N–C) groups is 1. The lowest BCUT2D eigenvalue weighted by atomic mass is 10.1. The van der Waals surface area contributed by atoms with Crippen molar-refractivity contribution in [3.8, 4) is 33.4 Å². The Morgan fingerprint density at radius 1 is 0.939 bits per heavy atom. The Hall–Kier alpha value is -3.57. The van der Waals surface area contributed by atoms with E-state index < -0.39 is 0 Å². The molecule has 4 rings (SSSR count). The Balaban J connectivity index is 1.63. The second-order valence-corrected chi connectivity index (χ2v) is 8.77. The highest BCUT2D eigenvalue weighted by Crippen LogP contribution is 2.47. The molecule has 0 saturated heterocycles. The molecule has 4 nitrogen and oxygen atoms in total. The first kappa shape index (κ1) is 22.6. The van der Waals surface area contributed by atoms with Gasteiger partial charge in [-0.2, -0.15) is 0 Å². The molecule has 0 aliphatic carbocycles. The van der Waals surface area contributed by atoms with Crippen LogP contribution in [0.3, 0.4) is 0 Å². The van der Waals surface area contributed by atoms with Gasteiger partial charge in [0, 0.05) is 22.3 Å². The van der Waals surface area contributed by atoms with Crippen LogP contribution in [-0.4, -0.2) is 22.5 Å². The molecular formula is C28H27NO3S. The fraction of sp³-hybridized carbons (Fsp3) is 0.179. The van der Waals surface area contributed by atoms with Crippen LogP contribution in [0.2, 0.25) is 0 Å². The van der Waals surface area contributed by atoms with Crippen molar-refractivity contribution >= 4 is 33.2 Å². The molecule has 0 fully saturated rings. The summed E-state index contributed by atoms with van der Waals surface area (Å²) in [7, 11) is 0. The Bertz CT molecular complexity index is 1290. The number of thiophene rings is 1. The van der Waals surface area contributed by atoms with Crippen molar-refractivity contribution in [2.45, 2.75) is 26.7 Å². The second-order valence-electron chi connectivity index (χ2n) is 7.72. The van der Waals surface area contributed by atoms with E-state index in [-0.39, 0.29) is 11.5 Å². The van der Waals surface area contributed by atoms with Gasteiger partial charge in [-0.15, -0.1) is 11.3 Å². The largest absolute Gasteiger partial charge is 0.508 e. The summed E-state index contributed by atoms with van der Waals surface area (Å²) in [6, 6.07) is 20.3. The average molecular weight is 458 g/mol. The molecule has 0 spiro atoms. The minimum atomic E-state index is 0.217. The van der Waals surface area contributed by atoms with Gasteiger partial charge in [0.2, 0.25) is 0 Å². The molecule has 33 heavy (non-hydrogen) atoms. The van der Waals surface area contributed by atoms with Crippen LogP contribution in [0.1, 0.15) is 32.3 Å². The van der Waals surface area contributed by atoms with Crippen LogP contribution in [0, 0.1) is 0 Å². The summed E-state index contributed by atoms with van der Waals surface area (Å²) in [5, 5.41) is 20.5. The molecule has 2 N–H and O–H groups in total. The molecule has 4 aromatic rings. The third kappa shape index (κ3) is 5.44. The fourth-order valence-corrected chi connectivity index (χ4v) is 4.63. The molecule has 0 bridgehead atoms. The van der Waals surface area contributed by atoms with Crippen LogP contribution in [0.15, 0.2) is 77.8 Å². The van der Waals surface area contributed by atoms with Crippen LogP contribution < -0.4 is 4.74 Å². The average Bonchev–Trinajstić information content (AvgIpc) is 3.17. The minimum Gasteiger partial charge on any atom is -0.508 e. The van der Waals surface area contributed by atoms with E-state index in [0.29, 0.717) is 0 Å². The molecule has 168 valence electrons. The number of fused-ring (bicyclic) bond motifs is 1. The van der Waals surface area contributed by atoms with E-state index in [1.54, 1.807) is 35.6 Å². The predicted octanol–water partition coefficient (Wildman–Crippen LogP) is 8.05. The summed E-state index contributed by atoms with van der Waals surface area (Å²) >= 11 is 1.55. The standard InChI is InChI=1S/C28H27NO3S/c1-3-17-29-21(4-2)10-5-19-6-14-24(15-7-19)32-27-25-16-13-23(31)18-26(25)33-28(27)20-8-11-22(30)12-9-20/h5-16,18,30-31H,3-4,17H2,1-2H3/b10-5+,29-21?. The van der Waals surface area contributed by atoms with Gasteiger partial charge in [0.1, 0.15) is 17.2 Å². The van der Waals surface area contributed by atoms with E-state index in [9.17, 15) is 10.2 Å². The zero-order chi connectivity index (χ0) is 23.2. The van der Waals surface area contributed by atoms with Crippen LogP contribution in [0.5, 0.6) is 23.0 Å². The number of ether oxygens (including phenoxy) is 1. The van der Waals surface area contributed by atoms with Gasteiger partial charge in [0.25, 0.3) is 0 Å². The minimum absolute atomic E-state index is 0.217. The Morgan fingerprint density at radius 3 is 2.36 bits per heavy atom. The van der Waals surface area contributed by atoms with Gasteiger partial charge >= 0.3 is 0 Å². The van der Waals surface area contributed by atoms with E-state index in [1.807, 2.05) is 42.5 Å². The number of nitrogens with zero attached hydrogens (tertiary/aromatic N) is 1. The summed E-state index contributed by atoms with van der Waals surface area (Å²) in [6.07, 6.45) is 6.12. The zero-order valence-electron chi connectivity index (χ0n) is 18.8. The number of phenols is 2. The van der Waals surface area contributed by atoms with Crippen LogP contribution in [0.4, 0.5) is 0 Å². The first-order chi connectivity index (χ1) is 16.1. The van der Waals surface area contributed by atoms with Gasteiger partial charge in [-0.05, 0) is 84.6 Å². The number of hydrogen-bond acceptors (Lipinski definition) is 5. The molecule has 3 aromatic carbocycles. The van der Waals surface area contributed by atoms with Crippen molar-refractivity contribution < 1.29 is 14.9 Å². The predicted molar refractivity (Wildman–Crippen MR) is 139 cm³/mol. The van der Waals surface area contributed by atoms with E-state index >= 15 is 0 Å². The van der Waals surface area contributed by atoms with Crippen molar-refractivity contribution in [1.82, 2.24) is 0 Å². The number of phenolic OH excluding ortho intramolecular Hbond substituents is 2. The molecule has 5 heteroatoms. The van der Waals surface area contributed by atoms with Gasteiger partial charge < -0.3 is 14.9 Å². The van der Waals surface area contributed by atoms with Crippen molar-refractivity contribution in [3.05, 3.63) is 78.4 Å². The first-order valence-corrected chi connectivity index (χ1v) is 11.9. The summed E-state index contributed by atoms with van der Waals surface area (Å²) in [6.45, 7) is 5.11. The zero-order valence-corrected chi connectivity index (χ0v) is 19.6. The highest BCUT2D eigenvalue weighted by atomic mass is 32.1. The Labute approximate surface area is 198 Å². The van der Waals surface area contributed by atoms with E-state index in [2.05, 4.69) is 31.0 Å². The molecule has 0 radical (unpaired) electrons. The van der Waals surface area contributed by atoms with E-state index in [4.69, 9.17) is 4.74 Å². The Morgan fingerprint density at radius 2 is 1.67 bits per heavy atom. The number of allylic oxidation sites excluding steroid dienone is 1. The lowest BCUT2D eigenvalue weighted by Crippen LogP contribution is -1.92. The van der Waals surface area contributed by atoms with Gasteiger partial charge in [0.15, 0.2) is 5.75 Å². The van der Waals surface area contributed by atoms with Crippen LogP contribution >= 0.6 is 11.3 Å². The quantitative estimate of drug-likeness (QED) is 0.263. The molecular weight excluding hydrogens is 430 g/mol. The monoisotopic (exact) mass is 457 g/mol. The maximum atomic E-state index is 9.93. The number of rotatable bonds is 8. The fourth-order valence-electron chi connectivity index (χ4n) is 3.46. The number of aromatic hydroxyl groups is 2. The third-order valence-corrected chi connectivity index (χ3v) is 6.41. The molecule has 0 saturated carbocycles. The number of hydrogen-bond donors (Lipinski definition) is 2. The molecule has 0 unspecified atom stereocenters. The lowest BCUT2D eigenvalue weighted by molar-refractivity contribution is 0.475. The van der Waals surface area contributed by atoms with E-state index in [0.717, 1.165) is 62.7 Å². The molecule has 0 atom stereocenters.